The Morgan fingerprint density at radius 1 is 0.788 bits per heavy atom. The lowest BCUT2D eigenvalue weighted by atomic mass is 10.1. The first kappa shape index (κ1) is 21.4. The zero-order chi connectivity index (χ0) is 22.6. The van der Waals surface area contributed by atoms with Crippen molar-refractivity contribution in [2.45, 2.75) is 37.8 Å². The van der Waals surface area contributed by atoms with E-state index in [9.17, 15) is 9.59 Å². The van der Waals surface area contributed by atoms with Crippen LogP contribution in [-0.2, 0) is 9.59 Å². The van der Waals surface area contributed by atoms with E-state index in [4.69, 9.17) is 4.42 Å². The summed E-state index contributed by atoms with van der Waals surface area (Å²) in [5, 5.41) is 12.3. The molecule has 2 amide bonds. The fraction of sp³-hybridized carbons (Fsp3) is 0.320. The molecule has 2 saturated heterocycles. The summed E-state index contributed by atoms with van der Waals surface area (Å²) in [5.74, 6) is 1.15. The molecule has 8 nitrogen and oxygen atoms in total. The monoisotopic (exact) mass is 445 g/mol. The number of aromatic nitrogens is 1. The summed E-state index contributed by atoms with van der Waals surface area (Å²) in [6.07, 6.45) is 5.48. The predicted molar refractivity (Wildman–Crippen MR) is 127 cm³/mol. The second-order valence-corrected chi connectivity index (χ2v) is 8.46. The zero-order valence-corrected chi connectivity index (χ0v) is 18.3. The highest BCUT2D eigenvalue weighted by Crippen LogP contribution is 2.28. The van der Waals surface area contributed by atoms with Crippen molar-refractivity contribution in [2.75, 3.05) is 23.7 Å². The Morgan fingerprint density at radius 2 is 1.30 bits per heavy atom. The van der Waals surface area contributed by atoms with Crippen LogP contribution in [0.25, 0.3) is 22.8 Å². The van der Waals surface area contributed by atoms with E-state index in [1.165, 1.54) is 0 Å². The number of hydrogen-bond acceptors (Lipinski definition) is 6. The van der Waals surface area contributed by atoms with E-state index in [1.807, 2.05) is 48.5 Å². The van der Waals surface area contributed by atoms with Crippen molar-refractivity contribution in [3.8, 4) is 22.8 Å². The Bertz CT molecular complexity index is 1020. The average molecular weight is 446 g/mol. The number of carbonyl (C=O) groups is 2. The molecule has 2 aromatic carbocycles. The van der Waals surface area contributed by atoms with Crippen molar-refractivity contribution in [1.82, 2.24) is 15.6 Å². The van der Waals surface area contributed by atoms with Crippen LogP contribution in [0.4, 0.5) is 11.4 Å². The molecule has 0 aliphatic carbocycles. The van der Waals surface area contributed by atoms with Crippen LogP contribution in [0.15, 0.2) is 59.1 Å². The van der Waals surface area contributed by atoms with Crippen molar-refractivity contribution in [2.24, 2.45) is 0 Å². The lowest BCUT2D eigenvalue weighted by molar-refractivity contribution is -0.118. The number of hydrogen-bond donors (Lipinski definition) is 4. The predicted octanol–water partition coefficient (Wildman–Crippen LogP) is 3.39. The number of rotatable bonds is 6. The standard InChI is InChI=1S/C25H27N5O3/c31-23(20-3-1-13-26-20)29-18-9-5-16(6-10-18)22-15-28-25(33-22)17-7-11-19(12-8-17)30-24(32)21-4-2-14-27-21/h5-12,15,20-21,26-27H,1-4,13-14H2,(H,29,31)(H,30,32)/t20?,21-/m0/s1. The second-order valence-electron chi connectivity index (χ2n) is 8.46. The third-order valence-electron chi connectivity index (χ3n) is 6.10. The van der Waals surface area contributed by atoms with E-state index < -0.39 is 0 Å². The number of nitrogens with zero attached hydrogens (tertiary/aromatic N) is 1. The third kappa shape index (κ3) is 4.97. The molecule has 170 valence electrons. The summed E-state index contributed by atoms with van der Waals surface area (Å²) >= 11 is 0. The number of oxazole rings is 1. The smallest absolute Gasteiger partial charge is 0.241 e. The van der Waals surface area contributed by atoms with Crippen LogP contribution < -0.4 is 21.3 Å². The quantitative estimate of drug-likeness (QED) is 0.463. The van der Waals surface area contributed by atoms with Gasteiger partial charge in [-0.15, -0.1) is 0 Å². The maximum Gasteiger partial charge on any atom is 0.241 e. The minimum Gasteiger partial charge on any atom is -0.436 e. The van der Waals surface area contributed by atoms with Gasteiger partial charge in [0.25, 0.3) is 0 Å². The first-order valence-electron chi connectivity index (χ1n) is 11.4. The molecule has 2 aliphatic heterocycles. The van der Waals surface area contributed by atoms with Crippen molar-refractivity contribution in [3.63, 3.8) is 0 Å². The Hall–Kier alpha value is -3.49. The van der Waals surface area contributed by atoms with Crippen LogP contribution in [0.3, 0.4) is 0 Å². The van der Waals surface area contributed by atoms with Crippen LogP contribution >= 0.6 is 0 Å². The number of amides is 2. The van der Waals surface area contributed by atoms with Gasteiger partial charge >= 0.3 is 0 Å². The minimum absolute atomic E-state index is 0.00124. The van der Waals surface area contributed by atoms with Gasteiger partial charge in [0.2, 0.25) is 17.7 Å². The number of benzene rings is 2. The van der Waals surface area contributed by atoms with Gasteiger partial charge in [-0.1, -0.05) is 0 Å². The average Bonchev–Trinajstić information content (AvgIpc) is 3.63. The SMILES string of the molecule is O=C(Nc1ccc(-c2cnc(-c3ccc(NC(=O)[C@@H]4CCCN4)cc3)o2)cc1)C1CCCN1. The molecule has 33 heavy (non-hydrogen) atoms. The molecule has 3 heterocycles. The maximum absolute atomic E-state index is 12.3. The highest BCUT2D eigenvalue weighted by atomic mass is 16.4. The van der Waals surface area contributed by atoms with Crippen LogP contribution in [-0.4, -0.2) is 42.0 Å². The molecule has 2 atom stereocenters. The summed E-state index contributed by atoms with van der Waals surface area (Å²) < 4.78 is 5.95. The van der Waals surface area contributed by atoms with Gasteiger partial charge < -0.3 is 25.7 Å². The summed E-state index contributed by atoms with van der Waals surface area (Å²) in [6, 6.07) is 14.8. The molecule has 4 N–H and O–H groups in total. The fourth-order valence-electron chi connectivity index (χ4n) is 4.23. The van der Waals surface area contributed by atoms with Gasteiger partial charge in [-0.2, -0.15) is 0 Å². The number of anilines is 2. The summed E-state index contributed by atoms with van der Waals surface area (Å²) in [6.45, 7) is 1.78. The first-order valence-corrected chi connectivity index (χ1v) is 11.4. The molecule has 0 bridgehead atoms. The topological polar surface area (TPSA) is 108 Å². The van der Waals surface area contributed by atoms with Crippen LogP contribution in [0, 0.1) is 0 Å². The second kappa shape index (κ2) is 9.56. The third-order valence-corrected chi connectivity index (χ3v) is 6.10. The zero-order valence-electron chi connectivity index (χ0n) is 18.3. The van der Waals surface area contributed by atoms with E-state index in [1.54, 1.807) is 6.20 Å². The first-order chi connectivity index (χ1) is 16.2. The van der Waals surface area contributed by atoms with Crippen LogP contribution in [0.1, 0.15) is 25.7 Å². The molecular formula is C25H27N5O3. The Morgan fingerprint density at radius 3 is 1.79 bits per heavy atom. The molecule has 1 aromatic heterocycles. The number of carbonyl (C=O) groups excluding carboxylic acids is 2. The molecular weight excluding hydrogens is 418 g/mol. The Kier molecular flexibility index (Phi) is 6.19. The van der Waals surface area contributed by atoms with Gasteiger partial charge in [0.1, 0.15) is 0 Å². The molecule has 2 aliphatic rings. The lowest BCUT2D eigenvalue weighted by Crippen LogP contribution is -2.35. The molecule has 0 saturated carbocycles. The van der Waals surface area contributed by atoms with Crippen LogP contribution in [0.5, 0.6) is 0 Å². The Balaban J connectivity index is 1.21. The maximum atomic E-state index is 12.3. The largest absolute Gasteiger partial charge is 0.436 e. The highest BCUT2D eigenvalue weighted by molar-refractivity contribution is 5.95. The fourth-order valence-corrected chi connectivity index (χ4v) is 4.23. The van der Waals surface area contributed by atoms with E-state index in [2.05, 4.69) is 26.3 Å². The van der Waals surface area contributed by atoms with E-state index in [-0.39, 0.29) is 23.9 Å². The van der Waals surface area contributed by atoms with E-state index in [0.717, 1.165) is 61.3 Å². The highest BCUT2D eigenvalue weighted by Gasteiger charge is 2.23. The summed E-state index contributed by atoms with van der Waals surface area (Å²) in [5.41, 5.74) is 3.20. The van der Waals surface area contributed by atoms with Gasteiger partial charge in [0.05, 0.1) is 18.3 Å². The molecule has 8 heteroatoms. The molecule has 1 unspecified atom stereocenters. The molecule has 0 radical (unpaired) electrons. The van der Waals surface area contributed by atoms with E-state index >= 15 is 0 Å². The lowest BCUT2D eigenvalue weighted by Gasteiger charge is -2.11. The molecule has 3 aromatic rings. The van der Waals surface area contributed by atoms with Crippen molar-refractivity contribution < 1.29 is 14.0 Å². The summed E-state index contributed by atoms with van der Waals surface area (Å²) in [4.78, 5) is 28.9. The Labute approximate surface area is 192 Å². The normalized spacial score (nSPS) is 20.0. The minimum atomic E-state index is -0.113. The van der Waals surface area contributed by atoms with Crippen LogP contribution in [0.2, 0.25) is 0 Å². The number of nitrogens with one attached hydrogen (secondary N) is 4. The molecule has 0 spiro atoms. The summed E-state index contributed by atoms with van der Waals surface area (Å²) in [7, 11) is 0. The van der Waals surface area contributed by atoms with E-state index in [0.29, 0.717) is 11.7 Å². The molecule has 2 fully saturated rings. The van der Waals surface area contributed by atoms with Gasteiger partial charge in [-0.3, -0.25) is 9.59 Å². The van der Waals surface area contributed by atoms with Gasteiger partial charge in [0.15, 0.2) is 5.76 Å². The van der Waals surface area contributed by atoms with Gasteiger partial charge in [-0.25, -0.2) is 4.98 Å². The van der Waals surface area contributed by atoms with Gasteiger partial charge in [0, 0.05) is 22.5 Å². The van der Waals surface area contributed by atoms with Crippen molar-refractivity contribution >= 4 is 23.2 Å². The van der Waals surface area contributed by atoms with Crippen molar-refractivity contribution in [3.05, 3.63) is 54.7 Å². The molecule has 5 rings (SSSR count). The van der Waals surface area contributed by atoms with Crippen molar-refractivity contribution in [1.29, 1.82) is 0 Å². The van der Waals surface area contributed by atoms with Gasteiger partial charge in [-0.05, 0) is 87.3 Å².